The van der Waals surface area contributed by atoms with Crippen molar-refractivity contribution < 1.29 is 9.47 Å². The van der Waals surface area contributed by atoms with Crippen molar-refractivity contribution in [2.24, 2.45) is 5.92 Å². The van der Waals surface area contributed by atoms with Gasteiger partial charge in [0.1, 0.15) is 0 Å². The molecule has 3 unspecified atom stereocenters. The Hall–Kier alpha value is -1.26. The third-order valence-electron chi connectivity index (χ3n) is 4.58. The molecule has 1 fully saturated rings. The fourth-order valence-corrected chi connectivity index (χ4v) is 3.54. The summed E-state index contributed by atoms with van der Waals surface area (Å²) in [6.07, 6.45) is 1.31. The number of nitrogens with zero attached hydrogens (tertiary/aromatic N) is 1. The molecule has 21 heavy (non-hydrogen) atoms. The molecule has 2 heterocycles. The molecule has 2 aliphatic rings. The molecule has 116 valence electrons. The predicted octanol–water partition coefficient (Wildman–Crippen LogP) is 2.80. The second-order valence-electron chi connectivity index (χ2n) is 6.37. The van der Waals surface area contributed by atoms with Crippen molar-refractivity contribution in [2.45, 2.75) is 39.3 Å². The molecule has 4 heteroatoms. The van der Waals surface area contributed by atoms with E-state index < -0.39 is 0 Å². The average molecular weight is 290 g/mol. The average Bonchev–Trinajstić information content (AvgIpc) is 3.04. The molecule has 3 rings (SSSR count). The Labute approximate surface area is 127 Å². The Morgan fingerprint density at radius 2 is 2.10 bits per heavy atom. The number of likely N-dealkylation sites (tertiary alicyclic amines) is 1. The van der Waals surface area contributed by atoms with Gasteiger partial charge in [-0.3, -0.25) is 4.90 Å². The molecule has 1 N–H and O–H groups in total. The van der Waals surface area contributed by atoms with Crippen LogP contribution in [-0.4, -0.2) is 37.4 Å². The first-order valence-corrected chi connectivity index (χ1v) is 8.04. The summed E-state index contributed by atoms with van der Waals surface area (Å²) < 4.78 is 10.9. The smallest absolute Gasteiger partial charge is 0.231 e. The van der Waals surface area contributed by atoms with Gasteiger partial charge >= 0.3 is 0 Å². The maximum atomic E-state index is 5.51. The number of fused-ring (bicyclic) bond motifs is 1. The Kier molecular flexibility index (Phi) is 4.36. The van der Waals surface area contributed by atoms with Gasteiger partial charge in [-0.15, -0.1) is 0 Å². The summed E-state index contributed by atoms with van der Waals surface area (Å²) in [4.78, 5) is 2.60. The van der Waals surface area contributed by atoms with Crippen LogP contribution in [-0.2, 0) is 0 Å². The number of rotatable bonds is 5. The summed E-state index contributed by atoms with van der Waals surface area (Å²) in [5.41, 5.74) is 1.29. The lowest BCUT2D eigenvalue weighted by molar-refractivity contribution is 0.174. The Bertz CT molecular complexity index is 492. The van der Waals surface area contributed by atoms with Crippen molar-refractivity contribution in [1.82, 2.24) is 10.2 Å². The second-order valence-corrected chi connectivity index (χ2v) is 6.37. The lowest BCUT2D eigenvalue weighted by atomic mass is 10.0. The van der Waals surface area contributed by atoms with Gasteiger partial charge in [-0.25, -0.2) is 0 Å². The van der Waals surface area contributed by atoms with Crippen molar-refractivity contribution >= 4 is 0 Å². The molecule has 0 aliphatic carbocycles. The largest absolute Gasteiger partial charge is 0.454 e. The monoisotopic (exact) mass is 290 g/mol. The van der Waals surface area contributed by atoms with Crippen molar-refractivity contribution in [3.05, 3.63) is 23.8 Å². The summed E-state index contributed by atoms with van der Waals surface area (Å²) in [5.74, 6) is 2.54. The molecule has 1 aromatic carbocycles. The first kappa shape index (κ1) is 14.7. The van der Waals surface area contributed by atoms with E-state index in [1.165, 1.54) is 18.5 Å². The van der Waals surface area contributed by atoms with E-state index in [0.29, 0.717) is 18.9 Å². The number of hydrogen-bond acceptors (Lipinski definition) is 4. The minimum Gasteiger partial charge on any atom is -0.454 e. The molecule has 0 bridgehead atoms. The minimum absolute atomic E-state index is 0.339. The molecule has 0 saturated carbocycles. The van der Waals surface area contributed by atoms with Crippen molar-refractivity contribution in [2.75, 3.05) is 26.4 Å². The first-order valence-electron chi connectivity index (χ1n) is 8.04. The van der Waals surface area contributed by atoms with Crippen LogP contribution in [0.5, 0.6) is 11.5 Å². The SMILES string of the molecule is CCNC(CN1CC(C)CC1C)c1ccc2c(c1)OCO2. The lowest BCUT2D eigenvalue weighted by Crippen LogP contribution is -2.37. The quantitative estimate of drug-likeness (QED) is 0.904. The van der Waals surface area contributed by atoms with Gasteiger partial charge in [0.15, 0.2) is 11.5 Å². The van der Waals surface area contributed by atoms with Crippen molar-refractivity contribution in [3.8, 4) is 11.5 Å². The number of likely N-dealkylation sites (N-methyl/N-ethyl adjacent to an activating group) is 1. The third kappa shape index (κ3) is 3.16. The van der Waals surface area contributed by atoms with Crippen molar-refractivity contribution in [1.29, 1.82) is 0 Å². The van der Waals surface area contributed by atoms with Crippen LogP contribution in [0.2, 0.25) is 0 Å². The summed E-state index contributed by atoms with van der Waals surface area (Å²) in [7, 11) is 0. The van der Waals surface area contributed by atoms with Gasteiger partial charge in [-0.2, -0.15) is 0 Å². The van der Waals surface area contributed by atoms with Gasteiger partial charge in [0.25, 0.3) is 0 Å². The molecule has 0 aromatic heterocycles. The third-order valence-corrected chi connectivity index (χ3v) is 4.58. The molecular weight excluding hydrogens is 264 g/mol. The van der Waals surface area contributed by atoms with Gasteiger partial charge < -0.3 is 14.8 Å². The van der Waals surface area contributed by atoms with Crippen LogP contribution < -0.4 is 14.8 Å². The maximum Gasteiger partial charge on any atom is 0.231 e. The summed E-state index contributed by atoms with van der Waals surface area (Å²) in [6.45, 7) is 10.4. The number of nitrogens with one attached hydrogen (secondary N) is 1. The molecule has 0 radical (unpaired) electrons. The second kappa shape index (κ2) is 6.24. The molecule has 1 saturated heterocycles. The summed E-state index contributed by atoms with van der Waals surface area (Å²) in [6, 6.07) is 7.33. The molecule has 4 nitrogen and oxygen atoms in total. The summed E-state index contributed by atoms with van der Waals surface area (Å²) >= 11 is 0. The normalized spacial score (nSPS) is 26.2. The highest BCUT2D eigenvalue weighted by molar-refractivity contribution is 5.45. The highest BCUT2D eigenvalue weighted by atomic mass is 16.7. The number of hydrogen-bond donors (Lipinski definition) is 1. The van der Waals surface area contributed by atoms with Crippen LogP contribution >= 0.6 is 0 Å². The maximum absolute atomic E-state index is 5.51. The zero-order valence-electron chi connectivity index (χ0n) is 13.3. The van der Waals surface area contributed by atoms with E-state index in [2.05, 4.69) is 43.1 Å². The number of ether oxygens (including phenoxy) is 2. The van der Waals surface area contributed by atoms with Gasteiger partial charge in [0.2, 0.25) is 6.79 Å². The van der Waals surface area contributed by atoms with E-state index in [1.807, 2.05) is 6.07 Å². The fraction of sp³-hybridized carbons (Fsp3) is 0.647. The zero-order chi connectivity index (χ0) is 14.8. The fourth-order valence-electron chi connectivity index (χ4n) is 3.54. The molecule has 3 atom stereocenters. The van der Waals surface area contributed by atoms with Gasteiger partial charge in [0.05, 0.1) is 0 Å². The topological polar surface area (TPSA) is 33.7 Å². The van der Waals surface area contributed by atoms with Crippen LogP contribution in [0.3, 0.4) is 0 Å². The van der Waals surface area contributed by atoms with Crippen LogP contribution in [0.25, 0.3) is 0 Å². The van der Waals surface area contributed by atoms with Gasteiger partial charge in [0, 0.05) is 25.2 Å². The van der Waals surface area contributed by atoms with Crippen LogP contribution in [0.15, 0.2) is 18.2 Å². The van der Waals surface area contributed by atoms with E-state index in [1.54, 1.807) is 0 Å². The molecular formula is C17H26N2O2. The van der Waals surface area contributed by atoms with E-state index >= 15 is 0 Å². The molecule has 2 aliphatic heterocycles. The number of benzene rings is 1. The highest BCUT2D eigenvalue weighted by Gasteiger charge is 2.28. The van der Waals surface area contributed by atoms with E-state index in [-0.39, 0.29) is 0 Å². The standard InChI is InChI=1S/C17H26N2O2/c1-4-18-15(10-19-9-12(2)7-13(19)3)14-5-6-16-17(8-14)21-11-20-16/h5-6,8,12-13,15,18H,4,7,9-11H2,1-3H3. The Balaban J connectivity index is 1.75. The Morgan fingerprint density at radius 3 is 2.81 bits per heavy atom. The predicted molar refractivity (Wildman–Crippen MR) is 83.8 cm³/mol. The van der Waals surface area contributed by atoms with Gasteiger partial charge in [-0.1, -0.05) is 19.9 Å². The lowest BCUT2D eigenvalue weighted by Gasteiger charge is -2.28. The molecule has 0 amide bonds. The van der Waals surface area contributed by atoms with Crippen LogP contribution in [0.1, 0.15) is 38.8 Å². The zero-order valence-corrected chi connectivity index (χ0v) is 13.3. The van der Waals surface area contributed by atoms with Crippen LogP contribution in [0.4, 0.5) is 0 Å². The van der Waals surface area contributed by atoms with E-state index in [0.717, 1.165) is 30.5 Å². The molecule has 1 aromatic rings. The van der Waals surface area contributed by atoms with E-state index in [4.69, 9.17) is 9.47 Å². The highest BCUT2D eigenvalue weighted by Crippen LogP contribution is 2.35. The Morgan fingerprint density at radius 1 is 1.29 bits per heavy atom. The minimum atomic E-state index is 0.339. The summed E-state index contributed by atoms with van der Waals surface area (Å²) in [5, 5.41) is 3.61. The van der Waals surface area contributed by atoms with Crippen LogP contribution in [0, 0.1) is 5.92 Å². The molecule has 0 spiro atoms. The van der Waals surface area contributed by atoms with Gasteiger partial charge in [-0.05, 0) is 43.5 Å². The first-order chi connectivity index (χ1) is 10.2. The van der Waals surface area contributed by atoms with E-state index in [9.17, 15) is 0 Å². The van der Waals surface area contributed by atoms with Crippen molar-refractivity contribution in [3.63, 3.8) is 0 Å².